The van der Waals surface area contributed by atoms with E-state index in [-0.39, 0.29) is 12.3 Å². The van der Waals surface area contributed by atoms with E-state index in [1.807, 2.05) is 19.1 Å². The molecule has 0 heterocycles. The highest BCUT2D eigenvalue weighted by Crippen LogP contribution is 2.18. The molecule has 0 unspecified atom stereocenters. The monoisotopic (exact) mass is 344 g/mol. The van der Waals surface area contributed by atoms with Crippen LogP contribution in [-0.4, -0.2) is 18.4 Å². The van der Waals surface area contributed by atoms with Gasteiger partial charge >= 0.3 is 11.8 Å². The molecular weight excluding hydrogens is 323 g/mol. The smallest absolute Gasteiger partial charge is 0.313 e. The Bertz CT molecular complexity index is 762. The maximum Gasteiger partial charge on any atom is 0.313 e. The van der Waals surface area contributed by atoms with Gasteiger partial charge in [0.2, 0.25) is 0 Å². The van der Waals surface area contributed by atoms with Gasteiger partial charge in [-0.25, -0.2) is 4.39 Å². The van der Waals surface area contributed by atoms with Gasteiger partial charge in [0, 0.05) is 12.2 Å². The first-order valence-electron chi connectivity index (χ1n) is 8.13. The summed E-state index contributed by atoms with van der Waals surface area (Å²) in [6, 6.07) is 11.7. The molecule has 5 nitrogen and oxygen atoms in total. The largest absolute Gasteiger partial charge is 0.491 e. The number of ether oxygens (including phenoxy) is 1. The van der Waals surface area contributed by atoms with Gasteiger partial charge in [-0.3, -0.25) is 9.59 Å². The fourth-order valence-corrected chi connectivity index (χ4v) is 2.32. The second kappa shape index (κ2) is 8.82. The van der Waals surface area contributed by atoms with Crippen LogP contribution in [0.25, 0.3) is 0 Å². The quantitative estimate of drug-likeness (QED) is 0.792. The molecule has 0 spiro atoms. The van der Waals surface area contributed by atoms with Crippen molar-refractivity contribution in [3.63, 3.8) is 0 Å². The standard InChI is InChI=1S/C19H21FN2O3/c1-3-14-7-5-6-8-16(14)22-19(24)18(23)21-12-13-9-10-17(25-4-2)15(20)11-13/h5-11H,3-4,12H2,1-2H3,(H,21,23)(H,22,24). The highest BCUT2D eigenvalue weighted by molar-refractivity contribution is 6.39. The molecule has 2 amide bonds. The van der Waals surface area contributed by atoms with Crippen molar-refractivity contribution >= 4 is 17.5 Å². The Morgan fingerprint density at radius 3 is 2.52 bits per heavy atom. The Morgan fingerprint density at radius 2 is 1.84 bits per heavy atom. The van der Waals surface area contributed by atoms with Crippen LogP contribution in [0.1, 0.15) is 25.0 Å². The van der Waals surface area contributed by atoms with Crippen LogP contribution in [0.3, 0.4) is 0 Å². The molecule has 0 atom stereocenters. The molecule has 2 rings (SSSR count). The average Bonchev–Trinajstić information content (AvgIpc) is 2.62. The molecular formula is C19H21FN2O3. The van der Waals surface area contributed by atoms with E-state index in [9.17, 15) is 14.0 Å². The van der Waals surface area contributed by atoms with E-state index in [1.54, 1.807) is 25.1 Å². The Balaban J connectivity index is 1.93. The Kier molecular flexibility index (Phi) is 6.51. The van der Waals surface area contributed by atoms with Gasteiger partial charge in [-0.15, -0.1) is 0 Å². The molecule has 132 valence electrons. The minimum absolute atomic E-state index is 0.0466. The lowest BCUT2D eigenvalue weighted by Gasteiger charge is -2.10. The van der Waals surface area contributed by atoms with Crippen LogP contribution in [0.5, 0.6) is 5.75 Å². The van der Waals surface area contributed by atoms with Gasteiger partial charge in [0.15, 0.2) is 11.6 Å². The number of hydrogen-bond donors (Lipinski definition) is 2. The summed E-state index contributed by atoms with van der Waals surface area (Å²) in [5.41, 5.74) is 2.09. The molecule has 6 heteroatoms. The molecule has 0 saturated heterocycles. The topological polar surface area (TPSA) is 67.4 Å². The molecule has 0 fully saturated rings. The summed E-state index contributed by atoms with van der Waals surface area (Å²) in [7, 11) is 0. The molecule has 2 N–H and O–H groups in total. The summed E-state index contributed by atoms with van der Waals surface area (Å²) < 4.78 is 18.9. The third-order valence-corrected chi connectivity index (χ3v) is 3.60. The lowest BCUT2D eigenvalue weighted by Crippen LogP contribution is -2.35. The van der Waals surface area contributed by atoms with Crippen molar-refractivity contribution in [2.75, 3.05) is 11.9 Å². The van der Waals surface area contributed by atoms with Crippen LogP contribution >= 0.6 is 0 Å². The molecule has 0 aliphatic rings. The first-order chi connectivity index (χ1) is 12.0. The van der Waals surface area contributed by atoms with E-state index in [2.05, 4.69) is 10.6 Å². The number of para-hydroxylation sites is 1. The predicted molar refractivity (Wildman–Crippen MR) is 93.9 cm³/mol. The number of benzene rings is 2. The molecule has 0 bridgehead atoms. The zero-order valence-electron chi connectivity index (χ0n) is 14.3. The number of carbonyl (C=O) groups excluding carboxylic acids is 2. The molecule has 0 radical (unpaired) electrons. The van der Waals surface area contributed by atoms with Crippen LogP contribution in [-0.2, 0) is 22.6 Å². The number of anilines is 1. The maximum atomic E-state index is 13.8. The Hall–Kier alpha value is -2.89. The Labute approximate surface area is 146 Å². The maximum absolute atomic E-state index is 13.8. The van der Waals surface area contributed by atoms with Gasteiger partial charge in [-0.05, 0) is 42.7 Å². The zero-order chi connectivity index (χ0) is 18.2. The van der Waals surface area contributed by atoms with Crippen LogP contribution < -0.4 is 15.4 Å². The molecule has 0 aliphatic carbocycles. The van der Waals surface area contributed by atoms with Crippen LogP contribution in [0.2, 0.25) is 0 Å². The third-order valence-electron chi connectivity index (χ3n) is 3.60. The van der Waals surface area contributed by atoms with Gasteiger partial charge in [-0.2, -0.15) is 0 Å². The lowest BCUT2D eigenvalue weighted by atomic mass is 10.1. The summed E-state index contributed by atoms with van der Waals surface area (Å²) >= 11 is 0. The summed E-state index contributed by atoms with van der Waals surface area (Å²) in [4.78, 5) is 23.9. The van der Waals surface area contributed by atoms with Gasteiger partial charge in [0.25, 0.3) is 0 Å². The summed E-state index contributed by atoms with van der Waals surface area (Å²) in [5, 5.41) is 5.07. The van der Waals surface area contributed by atoms with Crippen LogP contribution in [0.15, 0.2) is 42.5 Å². The molecule has 0 aliphatic heterocycles. The molecule has 25 heavy (non-hydrogen) atoms. The average molecular weight is 344 g/mol. The van der Waals surface area contributed by atoms with Crippen molar-refractivity contribution in [3.05, 3.63) is 59.4 Å². The van der Waals surface area contributed by atoms with Crippen molar-refractivity contribution in [1.29, 1.82) is 0 Å². The van der Waals surface area contributed by atoms with Crippen molar-refractivity contribution < 1.29 is 18.7 Å². The van der Waals surface area contributed by atoms with Gasteiger partial charge in [0.1, 0.15) is 0 Å². The Morgan fingerprint density at radius 1 is 1.08 bits per heavy atom. The summed E-state index contributed by atoms with van der Waals surface area (Å²) in [6.07, 6.45) is 0.740. The highest BCUT2D eigenvalue weighted by atomic mass is 19.1. The van der Waals surface area contributed by atoms with E-state index >= 15 is 0 Å². The summed E-state index contributed by atoms with van der Waals surface area (Å²) in [5.74, 6) is -1.88. The predicted octanol–water partition coefficient (Wildman–Crippen LogP) is 3.04. The number of aryl methyl sites for hydroxylation is 1. The molecule has 2 aromatic rings. The summed E-state index contributed by atoms with van der Waals surface area (Å²) in [6.45, 7) is 4.14. The molecule has 0 aromatic heterocycles. The fourth-order valence-electron chi connectivity index (χ4n) is 2.32. The number of amides is 2. The first-order valence-corrected chi connectivity index (χ1v) is 8.13. The highest BCUT2D eigenvalue weighted by Gasteiger charge is 2.15. The number of carbonyl (C=O) groups is 2. The van der Waals surface area contributed by atoms with Gasteiger partial charge in [-0.1, -0.05) is 31.2 Å². The zero-order valence-corrected chi connectivity index (χ0v) is 14.3. The third kappa shape index (κ3) is 5.04. The number of nitrogens with one attached hydrogen (secondary N) is 2. The van der Waals surface area contributed by atoms with Crippen molar-refractivity contribution in [1.82, 2.24) is 5.32 Å². The molecule has 0 saturated carbocycles. The van der Waals surface area contributed by atoms with Crippen LogP contribution in [0.4, 0.5) is 10.1 Å². The SMILES string of the molecule is CCOc1ccc(CNC(=O)C(=O)Nc2ccccc2CC)cc1F. The van der Waals surface area contributed by atoms with Gasteiger partial charge in [0.05, 0.1) is 6.61 Å². The minimum atomic E-state index is -0.778. The van der Waals surface area contributed by atoms with E-state index in [0.717, 1.165) is 12.0 Å². The van der Waals surface area contributed by atoms with E-state index in [0.29, 0.717) is 17.9 Å². The second-order valence-electron chi connectivity index (χ2n) is 5.35. The van der Waals surface area contributed by atoms with Gasteiger partial charge < -0.3 is 15.4 Å². The van der Waals surface area contributed by atoms with E-state index in [4.69, 9.17) is 4.74 Å². The van der Waals surface area contributed by atoms with Crippen molar-refractivity contribution in [2.24, 2.45) is 0 Å². The number of halogens is 1. The second-order valence-corrected chi connectivity index (χ2v) is 5.35. The fraction of sp³-hybridized carbons (Fsp3) is 0.263. The number of hydrogen-bond acceptors (Lipinski definition) is 3. The van der Waals surface area contributed by atoms with Crippen LogP contribution in [0, 0.1) is 5.82 Å². The molecule has 2 aromatic carbocycles. The van der Waals surface area contributed by atoms with E-state index < -0.39 is 17.6 Å². The minimum Gasteiger partial charge on any atom is -0.491 e. The van der Waals surface area contributed by atoms with Crippen molar-refractivity contribution in [2.45, 2.75) is 26.8 Å². The van der Waals surface area contributed by atoms with Crippen molar-refractivity contribution in [3.8, 4) is 5.75 Å². The normalized spacial score (nSPS) is 10.2. The van der Waals surface area contributed by atoms with E-state index in [1.165, 1.54) is 12.1 Å². The lowest BCUT2D eigenvalue weighted by molar-refractivity contribution is -0.136. The first kappa shape index (κ1) is 18.4. The number of rotatable bonds is 6.